The minimum Gasteiger partial charge on any atom is -0.444 e. The Morgan fingerprint density at radius 2 is 2.14 bits per heavy atom. The van der Waals surface area contributed by atoms with Gasteiger partial charge in [-0.15, -0.1) is 11.3 Å². The molecule has 122 valence electrons. The first-order valence-corrected chi connectivity index (χ1v) is 8.47. The Hall–Kier alpha value is -1.56. The minimum absolute atomic E-state index is 0.0183. The van der Waals surface area contributed by atoms with Crippen LogP contribution in [0.3, 0.4) is 0 Å². The summed E-state index contributed by atoms with van der Waals surface area (Å²) in [5.41, 5.74) is 0.490. The molecular weight excluding hydrogens is 300 g/mol. The summed E-state index contributed by atoms with van der Waals surface area (Å²) in [6, 6.07) is 1.92. The van der Waals surface area contributed by atoms with Crippen LogP contribution in [0.5, 0.6) is 0 Å². The summed E-state index contributed by atoms with van der Waals surface area (Å²) in [6.07, 6.45) is 1.45. The predicted octanol–water partition coefficient (Wildman–Crippen LogP) is 3.19. The highest BCUT2D eigenvalue weighted by Crippen LogP contribution is 2.18. The fraction of sp³-hybridized carbons (Fsp3) is 0.625. The third-order valence-corrected chi connectivity index (χ3v) is 4.49. The van der Waals surface area contributed by atoms with E-state index in [0.717, 1.165) is 23.3 Å². The van der Waals surface area contributed by atoms with E-state index < -0.39 is 5.60 Å². The van der Waals surface area contributed by atoms with Crippen LogP contribution in [0.15, 0.2) is 11.4 Å². The number of piperidine rings is 1. The van der Waals surface area contributed by atoms with Gasteiger partial charge in [0.1, 0.15) is 5.60 Å². The van der Waals surface area contributed by atoms with Gasteiger partial charge in [-0.2, -0.15) is 0 Å². The zero-order chi connectivity index (χ0) is 16.3. The smallest absolute Gasteiger partial charge is 0.410 e. The van der Waals surface area contributed by atoms with Crippen molar-refractivity contribution in [2.24, 2.45) is 0 Å². The second-order valence-electron chi connectivity index (χ2n) is 6.67. The van der Waals surface area contributed by atoms with Crippen LogP contribution in [-0.4, -0.2) is 41.6 Å². The number of nitrogens with zero attached hydrogens (tertiary/aromatic N) is 1. The van der Waals surface area contributed by atoms with E-state index in [0.29, 0.717) is 13.1 Å². The molecule has 0 radical (unpaired) electrons. The summed E-state index contributed by atoms with van der Waals surface area (Å²) in [7, 11) is 0. The highest BCUT2D eigenvalue weighted by atomic mass is 32.1. The summed E-state index contributed by atoms with van der Waals surface area (Å²) in [6.45, 7) is 8.68. The van der Waals surface area contributed by atoms with Crippen molar-refractivity contribution in [1.29, 1.82) is 0 Å². The molecule has 1 fully saturated rings. The molecule has 0 aliphatic carbocycles. The quantitative estimate of drug-likeness (QED) is 0.909. The molecule has 1 N–H and O–H groups in total. The van der Waals surface area contributed by atoms with E-state index in [-0.39, 0.29) is 18.0 Å². The molecule has 0 aromatic carbocycles. The van der Waals surface area contributed by atoms with E-state index in [1.54, 1.807) is 4.90 Å². The van der Waals surface area contributed by atoms with Crippen LogP contribution in [0.2, 0.25) is 0 Å². The molecule has 2 heterocycles. The number of hydrogen-bond acceptors (Lipinski definition) is 4. The highest BCUT2D eigenvalue weighted by molar-refractivity contribution is 7.12. The fourth-order valence-electron chi connectivity index (χ4n) is 2.44. The zero-order valence-corrected chi connectivity index (χ0v) is 14.5. The van der Waals surface area contributed by atoms with Gasteiger partial charge in [-0.05, 0) is 57.5 Å². The molecule has 1 aromatic heterocycles. The minimum atomic E-state index is -0.499. The third kappa shape index (κ3) is 4.47. The fourth-order valence-corrected chi connectivity index (χ4v) is 3.27. The second-order valence-corrected chi connectivity index (χ2v) is 7.59. The lowest BCUT2D eigenvalue weighted by molar-refractivity contribution is 0.0186. The lowest BCUT2D eigenvalue weighted by Gasteiger charge is -2.34. The zero-order valence-electron chi connectivity index (χ0n) is 13.6. The lowest BCUT2D eigenvalue weighted by atomic mass is 10.1. The number of carbonyl (C=O) groups excluding carboxylic acids is 2. The molecule has 2 amide bonds. The molecule has 1 aliphatic heterocycles. The van der Waals surface area contributed by atoms with Gasteiger partial charge in [0.25, 0.3) is 5.91 Å². The van der Waals surface area contributed by atoms with Crippen molar-refractivity contribution in [1.82, 2.24) is 10.2 Å². The van der Waals surface area contributed by atoms with Gasteiger partial charge >= 0.3 is 6.09 Å². The van der Waals surface area contributed by atoms with Crippen LogP contribution in [0, 0.1) is 6.92 Å². The Labute approximate surface area is 135 Å². The number of ether oxygens (including phenoxy) is 1. The molecule has 1 aliphatic rings. The van der Waals surface area contributed by atoms with E-state index in [1.807, 2.05) is 39.1 Å². The standard InChI is InChI=1S/C16H24N2O3S/c1-11-7-9-22-13(11)14(19)17-12-6-5-8-18(10-12)15(20)21-16(2,3)4/h7,9,12H,5-6,8,10H2,1-4H3,(H,17,19)/t12-/m0/s1. The van der Waals surface area contributed by atoms with E-state index >= 15 is 0 Å². The van der Waals surface area contributed by atoms with Gasteiger partial charge in [0.05, 0.1) is 4.88 Å². The van der Waals surface area contributed by atoms with Crippen LogP contribution < -0.4 is 5.32 Å². The summed E-state index contributed by atoms with van der Waals surface area (Å²) in [5, 5.41) is 4.95. The maximum Gasteiger partial charge on any atom is 0.410 e. The van der Waals surface area contributed by atoms with Crippen LogP contribution in [0.4, 0.5) is 4.79 Å². The number of nitrogens with one attached hydrogen (secondary N) is 1. The summed E-state index contributed by atoms with van der Waals surface area (Å²) in [5.74, 6) is -0.0523. The summed E-state index contributed by atoms with van der Waals surface area (Å²) in [4.78, 5) is 26.8. The molecule has 0 bridgehead atoms. The van der Waals surface area contributed by atoms with Crippen molar-refractivity contribution in [3.05, 3.63) is 21.9 Å². The molecule has 5 nitrogen and oxygen atoms in total. The maximum atomic E-state index is 12.3. The van der Waals surface area contributed by atoms with Crippen LogP contribution >= 0.6 is 11.3 Å². The SMILES string of the molecule is Cc1ccsc1C(=O)N[C@H]1CCCN(C(=O)OC(C)(C)C)C1. The molecule has 0 saturated carbocycles. The number of thiophene rings is 1. The Bertz CT molecular complexity index is 548. The molecular formula is C16H24N2O3S. The maximum absolute atomic E-state index is 12.3. The van der Waals surface area contributed by atoms with Crippen LogP contribution in [-0.2, 0) is 4.74 Å². The van der Waals surface area contributed by atoms with Crippen molar-refractivity contribution in [2.75, 3.05) is 13.1 Å². The van der Waals surface area contributed by atoms with E-state index in [4.69, 9.17) is 4.74 Å². The number of amides is 2. The summed E-state index contributed by atoms with van der Waals surface area (Å²) >= 11 is 1.44. The topological polar surface area (TPSA) is 58.6 Å². The van der Waals surface area contributed by atoms with Gasteiger partial charge in [0.2, 0.25) is 0 Å². The Balaban J connectivity index is 1.92. The number of hydrogen-bond donors (Lipinski definition) is 1. The third-order valence-electron chi connectivity index (χ3n) is 3.48. The van der Waals surface area contributed by atoms with Crippen molar-refractivity contribution < 1.29 is 14.3 Å². The van der Waals surface area contributed by atoms with Gasteiger partial charge < -0.3 is 15.0 Å². The number of likely N-dealkylation sites (tertiary alicyclic amines) is 1. The first-order valence-electron chi connectivity index (χ1n) is 7.59. The molecule has 1 atom stereocenters. The summed E-state index contributed by atoms with van der Waals surface area (Å²) < 4.78 is 5.40. The Morgan fingerprint density at radius 1 is 1.41 bits per heavy atom. The average Bonchev–Trinajstić information content (AvgIpc) is 2.83. The second kappa shape index (κ2) is 6.69. The number of carbonyl (C=O) groups is 2. The average molecular weight is 324 g/mol. The molecule has 0 spiro atoms. The van der Waals surface area contributed by atoms with Crippen molar-refractivity contribution in [3.8, 4) is 0 Å². The van der Waals surface area contributed by atoms with Gasteiger partial charge in [-0.25, -0.2) is 4.79 Å². The Kier molecular flexibility index (Phi) is 5.11. The highest BCUT2D eigenvalue weighted by Gasteiger charge is 2.28. The van der Waals surface area contributed by atoms with Gasteiger partial charge in [0.15, 0.2) is 0 Å². The van der Waals surface area contributed by atoms with Gasteiger partial charge in [0, 0.05) is 19.1 Å². The molecule has 6 heteroatoms. The van der Waals surface area contributed by atoms with Crippen molar-refractivity contribution >= 4 is 23.3 Å². The molecule has 22 heavy (non-hydrogen) atoms. The van der Waals surface area contributed by atoms with Gasteiger partial charge in [-0.3, -0.25) is 4.79 Å². The molecule has 2 rings (SSSR count). The normalized spacial score (nSPS) is 18.9. The molecule has 1 saturated heterocycles. The molecule has 1 aromatic rings. The predicted molar refractivity (Wildman–Crippen MR) is 87.4 cm³/mol. The van der Waals surface area contributed by atoms with Crippen molar-refractivity contribution in [3.63, 3.8) is 0 Å². The van der Waals surface area contributed by atoms with Crippen LogP contribution in [0.1, 0.15) is 48.8 Å². The van der Waals surface area contributed by atoms with Gasteiger partial charge in [-0.1, -0.05) is 0 Å². The largest absolute Gasteiger partial charge is 0.444 e. The monoisotopic (exact) mass is 324 g/mol. The Morgan fingerprint density at radius 3 is 2.73 bits per heavy atom. The van der Waals surface area contributed by atoms with Crippen molar-refractivity contribution in [2.45, 2.75) is 52.2 Å². The number of aryl methyl sites for hydroxylation is 1. The van der Waals surface area contributed by atoms with E-state index in [9.17, 15) is 9.59 Å². The first-order chi connectivity index (χ1) is 10.3. The first kappa shape index (κ1) is 16.8. The van der Waals surface area contributed by atoms with E-state index in [1.165, 1.54) is 11.3 Å². The lowest BCUT2D eigenvalue weighted by Crippen LogP contribution is -2.50. The van der Waals surface area contributed by atoms with Crippen LogP contribution in [0.25, 0.3) is 0 Å². The number of rotatable bonds is 2. The molecule has 0 unspecified atom stereocenters. The van der Waals surface area contributed by atoms with E-state index in [2.05, 4.69) is 5.32 Å².